The lowest BCUT2D eigenvalue weighted by atomic mass is 10.1. The maximum absolute atomic E-state index is 13.5. The van der Waals surface area contributed by atoms with Crippen LogP contribution in [0.3, 0.4) is 0 Å². The number of nitrogens with zero attached hydrogens (tertiary/aromatic N) is 2. The van der Waals surface area contributed by atoms with Gasteiger partial charge in [0.1, 0.15) is 4.83 Å². The SMILES string of the molecule is Cc1ccc(NC(=O)CSc2nc3scc(C4CC4)c3c(=O)n2-c2ccccc2)cc1. The Kier molecular flexibility index (Phi) is 5.38. The van der Waals surface area contributed by atoms with Gasteiger partial charge in [0, 0.05) is 5.69 Å². The van der Waals surface area contributed by atoms with E-state index in [2.05, 4.69) is 10.7 Å². The number of aromatic nitrogens is 2. The highest BCUT2D eigenvalue weighted by Gasteiger charge is 2.29. The zero-order valence-corrected chi connectivity index (χ0v) is 18.6. The maximum atomic E-state index is 13.5. The summed E-state index contributed by atoms with van der Waals surface area (Å²) in [7, 11) is 0. The van der Waals surface area contributed by atoms with Gasteiger partial charge in [-0.3, -0.25) is 14.2 Å². The van der Waals surface area contributed by atoms with Crippen LogP contribution in [0, 0.1) is 6.92 Å². The molecule has 2 aromatic carbocycles. The summed E-state index contributed by atoms with van der Waals surface area (Å²) < 4.78 is 1.64. The van der Waals surface area contributed by atoms with Gasteiger partial charge < -0.3 is 5.32 Å². The number of amides is 1. The van der Waals surface area contributed by atoms with Crippen LogP contribution in [0.5, 0.6) is 0 Å². The van der Waals surface area contributed by atoms with Gasteiger partial charge in [-0.2, -0.15) is 0 Å². The van der Waals surface area contributed by atoms with Crippen molar-refractivity contribution in [2.45, 2.75) is 30.8 Å². The molecule has 156 valence electrons. The second-order valence-corrected chi connectivity index (χ2v) is 9.52. The molecule has 2 heterocycles. The summed E-state index contributed by atoms with van der Waals surface area (Å²) in [6.45, 7) is 2.01. The van der Waals surface area contributed by atoms with Crippen LogP contribution in [0.1, 0.15) is 29.9 Å². The average Bonchev–Trinajstić information content (AvgIpc) is 3.53. The average molecular weight is 448 g/mol. The minimum Gasteiger partial charge on any atom is -0.325 e. The van der Waals surface area contributed by atoms with Gasteiger partial charge >= 0.3 is 0 Å². The Hall–Kier alpha value is -2.90. The fraction of sp³-hybridized carbons (Fsp3) is 0.208. The quantitative estimate of drug-likeness (QED) is 0.319. The molecule has 1 aliphatic carbocycles. The largest absolute Gasteiger partial charge is 0.325 e. The van der Waals surface area contributed by atoms with Crippen molar-refractivity contribution in [3.8, 4) is 5.69 Å². The van der Waals surface area contributed by atoms with Crippen molar-refractivity contribution in [3.05, 3.63) is 81.5 Å². The molecule has 1 amide bonds. The van der Waals surface area contributed by atoms with E-state index in [1.165, 1.54) is 23.1 Å². The van der Waals surface area contributed by atoms with E-state index in [-0.39, 0.29) is 17.2 Å². The van der Waals surface area contributed by atoms with Crippen molar-refractivity contribution < 1.29 is 4.79 Å². The lowest BCUT2D eigenvalue weighted by Gasteiger charge is -2.12. The molecule has 7 heteroatoms. The van der Waals surface area contributed by atoms with Crippen LogP contribution in [-0.4, -0.2) is 21.2 Å². The molecule has 1 saturated carbocycles. The van der Waals surface area contributed by atoms with Crippen LogP contribution in [0.25, 0.3) is 15.9 Å². The van der Waals surface area contributed by atoms with Gasteiger partial charge in [-0.1, -0.05) is 47.7 Å². The molecule has 0 unspecified atom stereocenters. The molecular weight excluding hydrogens is 426 g/mol. The number of thiophene rings is 1. The summed E-state index contributed by atoms with van der Waals surface area (Å²) >= 11 is 2.80. The van der Waals surface area contributed by atoms with E-state index >= 15 is 0 Å². The summed E-state index contributed by atoms with van der Waals surface area (Å²) in [5.74, 6) is 0.512. The number of thioether (sulfide) groups is 1. The molecule has 1 fully saturated rings. The first-order valence-corrected chi connectivity index (χ1v) is 12.1. The summed E-state index contributed by atoms with van der Waals surface area (Å²) in [5, 5.41) is 6.24. The van der Waals surface area contributed by atoms with E-state index in [4.69, 9.17) is 4.98 Å². The van der Waals surface area contributed by atoms with Crippen LogP contribution in [0.15, 0.2) is 69.9 Å². The van der Waals surface area contributed by atoms with E-state index in [0.29, 0.717) is 11.1 Å². The highest BCUT2D eigenvalue weighted by molar-refractivity contribution is 7.99. The zero-order valence-electron chi connectivity index (χ0n) is 17.0. The van der Waals surface area contributed by atoms with Crippen LogP contribution in [-0.2, 0) is 4.79 Å². The van der Waals surface area contributed by atoms with Crippen molar-refractivity contribution in [3.63, 3.8) is 0 Å². The fourth-order valence-corrected chi connectivity index (χ4v) is 5.43. The Morgan fingerprint density at radius 2 is 1.90 bits per heavy atom. The Morgan fingerprint density at radius 3 is 2.61 bits per heavy atom. The van der Waals surface area contributed by atoms with Gasteiger partial charge in [0.2, 0.25) is 5.91 Å². The lowest BCUT2D eigenvalue weighted by molar-refractivity contribution is -0.113. The fourth-order valence-electron chi connectivity index (χ4n) is 3.55. The molecule has 4 aromatic rings. The highest BCUT2D eigenvalue weighted by atomic mass is 32.2. The monoisotopic (exact) mass is 447 g/mol. The molecule has 1 aliphatic rings. The number of nitrogens with one attached hydrogen (secondary N) is 1. The molecule has 0 spiro atoms. The van der Waals surface area contributed by atoms with Crippen molar-refractivity contribution in [1.29, 1.82) is 0 Å². The Morgan fingerprint density at radius 1 is 1.16 bits per heavy atom. The van der Waals surface area contributed by atoms with Crippen molar-refractivity contribution in [1.82, 2.24) is 9.55 Å². The van der Waals surface area contributed by atoms with Gasteiger partial charge in [0.15, 0.2) is 5.16 Å². The van der Waals surface area contributed by atoms with Crippen molar-refractivity contribution in [2.75, 3.05) is 11.1 Å². The highest BCUT2D eigenvalue weighted by Crippen LogP contribution is 2.44. The summed E-state index contributed by atoms with van der Waals surface area (Å²) in [6.07, 6.45) is 2.26. The number of anilines is 1. The van der Waals surface area contributed by atoms with Crippen LogP contribution >= 0.6 is 23.1 Å². The first kappa shape index (κ1) is 20.0. The van der Waals surface area contributed by atoms with Crippen LogP contribution < -0.4 is 10.9 Å². The van der Waals surface area contributed by atoms with Gasteiger partial charge in [-0.05, 0) is 60.9 Å². The number of rotatable bonds is 6. The van der Waals surface area contributed by atoms with Gasteiger partial charge in [-0.25, -0.2) is 4.98 Å². The Bertz CT molecular complexity index is 1310. The second-order valence-electron chi connectivity index (χ2n) is 7.72. The number of aryl methyl sites for hydroxylation is 1. The molecule has 31 heavy (non-hydrogen) atoms. The van der Waals surface area contributed by atoms with E-state index in [1.807, 2.05) is 61.5 Å². The third kappa shape index (κ3) is 4.16. The van der Waals surface area contributed by atoms with Crippen molar-refractivity contribution >= 4 is 44.9 Å². The predicted molar refractivity (Wildman–Crippen MR) is 128 cm³/mol. The Labute approximate surface area is 188 Å². The van der Waals surface area contributed by atoms with E-state index in [1.54, 1.807) is 4.57 Å². The molecule has 1 N–H and O–H groups in total. The second kappa shape index (κ2) is 8.32. The standard InChI is InChI=1S/C24H21N3O2S2/c1-15-7-11-17(12-8-15)25-20(28)14-31-24-26-22-21(19(13-30-22)16-9-10-16)23(29)27(24)18-5-3-2-4-6-18/h2-8,11-13,16H,9-10,14H2,1H3,(H,25,28). The molecule has 5 rings (SSSR count). The molecule has 0 aliphatic heterocycles. The van der Waals surface area contributed by atoms with Gasteiger partial charge in [-0.15, -0.1) is 11.3 Å². The molecule has 5 nitrogen and oxygen atoms in total. The summed E-state index contributed by atoms with van der Waals surface area (Å²) in [5.41, 5.74) is 3.72. The molecule has 2 aromatic heterocycles. The zero-order chi connectivity index (χ0) is 21.4. The number of benzene rings is 2. The Balaban J connectivity index is 1.48. The summed E-state index contributed by atoms with van der Waals surface area (Å²) in [6, 6.07) is 17.2. The predicted octanol–water partition coefficient (Wildman–Crippen LogP) is 5.36. The van der Waals surface area contributed by atoms with Crippen LogP contribution in [0.4, 0.5) is 5.69 Å². The normalized spacial score (nSPS) is 13.5. The third-order valence-corrected chi connectivity index (χ3v) is 7.13. The molecule has 0 saturated heterocycles. The summed E-state index contributed by atoms with van der Waals surface area (Å²) in [4.78, 5) is 31.6. The smallest absolute Gasteiger partial charge is 0.267 e. The number of para-hydroxylation sites is 1. The first-order valence-electron chi connectivity index (χ1n) is 10.2. The minimum absolute atomic E-state index is 0.0548. The van der Waals surface area contributed by atoms with E-state index in [0.717, 1.165) is 45.6 Å². The number of carbonyl (C=O) groups is 1. The number of fused-ring (bicyclic) bond motifs is 1. The van der Waals surface area contributed by atoms with E-state index in [9.17, 15) is 9.59 Å². The number of carbonyl (C=O) groups excluding carboxylic acids is 1. The third-order valence-electron chi connectivity index (χ3n) is 5.30. The molecule has 0 radical (unpaired) electrons. The lowest BCUT2D eigenvalue weighted by Crippen LogP contribution is -2.23. The van der Waals surface area contributed by atoms with Gasteiger partial charge in [0.05, 0.1) is 16.8 Å². The van der Waals surface area contributed by atoms with Crippen LogP contribution in [0.2, 0.25) is 0 Å². The molecule has 0 atom stereocenters. The number of hydrogen-bond acceptors (Lipinski definition) is 5. The molecular formula is C24H21N3O2S2. The topological polar surface area (TPSA) is 64.0 Å². The number of hydrogen-bond donors (Lipinski definition) is 1. The maximum Gasteiger partial charge on any atom is 0.267 e. The van der Waals surface area contributed by atoms with E-state index < -0.39 is 0 Å². The van der Waals surface area contributed by atoms with Crippen molar-refractivity contribution in [2.24, 2.45) is 0 Å². The minimum atomic E-state index is -0.132. The first-order chi connectivity index (χ1) is 15.1. The molecule has 0 bridgehead atoms. The van der Waals surface area contributed by atoms with Gasteiger partial charge in [0.25, 0.3) is 5.56 Å².